The molecule has 4 heterocycles. The number of fused-ring (bicyclic) bond motifs is 1. The summed E-state index contributed by atoms with van der Waals surface area (Å²) in [6.45, 7) is 10.2. The van der Waals surface area contributed by atoms with E-state index in [0.29, 0.717) is 0 Å². The molecule has 0 unspecified atom stereocenters. The SMILES string of the molecule is Cc1nc(N2CCN(c3ccccn3)CC2)c2c(C)c(C)sc2n1. The van der Waals surface area contributed by atoms with E-state index < -0.39 is 0 Å². The molecule has 0 amide bonds. The maximum Gasteiger partial charge on any atom is 0.141 e. The van der Waals surface area contributed by atoms with Gasteiger partial charge in [0.05, 0.1) is 5.39 Å². The predicted octanol–water partition coefficient (Wildman–Crippen LogP) is 3.34. The predicted molar refractivity (Wildman–Crippen MR) is 100 cm³/mol. The van der Waals surface area contributed by atoms with Gasteiger partial charge in [-0.25, -0.2) is 15.0 Å². The Hall–Kier alpha value is -2.21. The number of aromatic nitrogens is 3. The number of hydrogen-bond acceptors (Lipinski definition) is 6. The van der Waals surface area contributed by atoms with E-state index in [4.69, 9.17) is 4.98 Å². The number of anilines is 2. The molecule has 1 saturated heterocycles. The van der Waals surface area contributed by atoms with Crippen molar-refractivity contribution in [3.05, 3.63) is 40.7 Å². The summed E-state index contributed by atoms with van der Waals surface area (Å²) in [7, 11) is 0. The van der Waals surface area contributed by atoms with Crippen molar-refractivity contribution < 1.29 is 0 Å². The third kappa shape index (κ3) is 2.60. The molecular weight excluding hydrogens is 318 g/mol. The minimum Gasteiger partial charge on any atom is -0.353 e. The molecule has 24 heavy (non-hydrogen) atoms. The van der Waals surface area contributed by atoms with Crippen molar-refractivity contribution in [2.24, 2.45) is 0 Å². The standard InChI is InChI=1S/C18H21N5S/c1-12-13(2)24-18-16(12)17(20-14(3)21-18)23-10-8-22(9-11-23)15-6-4-5-7-19-15/h4-7H,8-11H2,1-3H3. The number of aryl methyl sites for hydroxylation is 3. The zero-order chi connectivity index (χ0) is 16.7. The summed E-state index contributed by atoms with van der Waals surface area (Å²) < 4.78 is 0. The van der Waals surface area contributed by atoms with Gasteiger partial charge in [-0.05, 0) is 38.5 Å². The molecule has 0 bridgehead atoms. The Labute approximate surface area is 146 Å². The van der Waals surface area contributed by atoms with Crippen LogP contribution >= 0.6 is 11.3 Å². The van der Waals surface area contributed by atoms with E-state index in [1.807, 2.05) is 25.3 Å². The molecule has 5 nitrogen and oxygen atoms in total. The van der Waals surface area contributed by atoms with Crippen molar-refractivity contribution in [3.63, 3.8) is 0 Å². The van der Waals surface area contributed by atoms with E-state index in [0.717, 1.165) is 48.5 Å². The van der Waals surface area contributed by atoms with Crippen LogP contribution in [0.3, 0.4) is 0 Å². The number of hydrogen-bond donors (Lipinski definition) is 0. The molecule has 0 N–H and O–H groups in total. The van der Waals surface area contributed by atoms with E-state index in [2.05, 4.69) is 39.7 Å². The lowest BCUT2D eigenvalue weighted by Crippen LogP contribution is -2.47. The Kier molecular flexibility index (Phi) is 3.84. The molecule has 0 aromatic carbocycles. The minimum absolute atomic E-state index is 0.853. The quantitative estimate of drug-likeness (QED) is 0.716. The third-order valence-corrected chi connectivity index (χ3v) is 5.77. The van der Waals surface area contributed by atoms with Gasteiger partial charge in [0, 0.05) is 37.3 Å². The monoisotopic (exact) mass is 339 g/mol. The second-order valence-electron chi connectivity index (χ2n) is 6.22. The molecule has 0 aliphatic carbocycles. The highest BCUT2D eigenvalue weighted by atomic mass is 32.1. The fourth-order valence-electron chi connectivity index (χ4n) is 3.25. The first kappa shape index (κ1) is 15.3. The summed E-state index contributed by atoms with van der Waals surface area (Å²) in [5.41, 5.74) is 1.32. The molecule has 1 aliphatic heterocycles. The van der Waals surface area contributed by atoms with E-state index in [9.17, 15) is 0 Å². The van der Waals surface area contributed by atoms with Gasteiger partial charge in [0.15, 0.2) is 0 Å². The van der Waals surface area contributed by atoms with Gasteiger partial charge in [0.25, 0.3) is 0 Å². The molecule has 4 rings (SSSR count). The van der Waals surface area contributed by atoms with E-state index in [-0.39, 0.29) is 0 Å². The van der Waals surface area contributed by atoms with E-state index >= 15 is 0 Å². The highest BCUT2D eigenvalue weighted by molar-refractivity contribution is 7.18. The fraction of sp³-hybridized carbons (Fsp3) is 0.389. The fourth-order valence-corrected chi connectivity index (χ4v) is 4.32. The Morgan fingerprint density at radius 3 is 2.42 bits per heavy atom. The van der Waals surface area contributed by atoms with Crippen molar-refractivity contribution in [3.8, 4) is 0 Å². The second kappa shape index (κ2) is 6.02. The molecule has 0 radical (unpaired) electrons. The molecule has 1 fully saturated rings. The lowest BCUT2D eigenvalue weighted by molar-refractivity contribution is 0.642. The molecule has 0 spiro atoms. The van der Waals surface area contributed by atoms with Gasteiger partial charge in [-0.2, -0.15) is 0 Å². The average Bonchev–Trinajstić information content (AvgIpc) is 2.89. The second-order valence-corrected chi connectivity index (χ2v) is 7.42. The van der Waals surface area contributed by atoms with Crippen molar-refractivity contribution in [2.45, 2.75) is 20.8 Å². The molecule has 1 aliphatic rings. The zero-order valence-electron chi connectivity index (χ0n) is 14.3. The molecule has 3 aromatic rings. The van der Waals surface area contributed by atoms with Crippen LogP contribution < -0.4 is 9.80 Å². The van der Waals surface area contributed by atoms with Crippen LogP contribution in [0, 0.1) is 20.8 Å². The van der Waals surface area contributed by atoms with Crippen molar-refractivity contribution in [1.29, 1.82) is 0 Å². The molecule has 0 saturated carbocycles. The van der Waals surface area contributed by atoms with Crippen LogP contribution in [-0.2, 0) is 0 Å². The molecule has 3 aromatic heterocycles. The maximum atomic E-state index is 4.78. The van der Waals surface area contributed by atoms with Gasteiger partial charge in [-0.1, -0.05) is 6.07 Å². The summed E-state index contributed by atoms with van der Waals surface area (Å²) in [5, 5.41) is 1.23. The molecule has 0 atom stereocenters. The molecule has 124 valence electrons. The largest absolute Gasteiger partial charge is 0.353 e. The van der Waals surface area contributed by atoms with Gasteiger partial charge in [0.1, 0.15) is 22.3 Å². The van der Waals surface area contributed by atoms with Crippen LogP contribution in [-0.4, -0.2) is 41.1 Å². The number of pyridine rings is 1. The van der Waals surface area contributed by atoms with Crippen LogP contribution in [0.15, 0.2) is 24.4 Å². The Bertz CT molecular complexity index is 866. The zero-order valence-corrected chi connectivity index (χ0v) is 15.1. The number of piperazine rings is 1. The van der Waals surface area contributed by atoms with Gasteiger partial charge < -0.3 is 9.80 Å². The number of thiophene rings is 1. The van der Waals surface area contributed by atoms with Crippen molar-refractivity contribution in [1.82, 2.24) is 15.0 Å². The van der Waals surface area contributed by atoms with Gasteiger partial charge >= 0.3 is 0 Å². The van der Waals surface area contributed by atoms with Crippen molar-refractivity contribution >= 4 is 33.2 Å². The average molecular weight is 339 g/mol. The van der Waals surface area contributed by atoms with E-state index in [1.165, 1.54) is 15.8 Å². The molecular formula is C18H21N5S. The lowest BCUT2D eigenvalue weighted by Gasteiger charge is -2.36. The summed E-state index contributed by atoms with van der Waals surface area (Å²) in [5.74, 6) is 3.01. The first-order valence-electron chi connectivity index (χ1n) is 8.29. The maximum absolute atomic E-state index is 4.78. The first-order valence-corrected chi connectivity index (χ1v) is 9.10. The van der Waals surface area contributed by atoms with Crippen LogP contribution in [0.2, 0.25) is 0 Å². The summed E-state index contributed by atoms with van der Waals surface area (Å²) in [6, 6.07) is 6.08. The Morgan fingerprint density at radius 2 is 1.71 bits per heavy atom. The van der Waals surface area contributed by atoms with Crippen LogP contribution in [0.1, 0.15) is 16.3 Å². The van der Waals surface area contributed by atoms with Crippen LogP contribution in [0.5, 0.6) is 0 Å². The summed E-state index contributed by atoms with van der Waals surface area (Å²) in [4.78, 5) is 21.1. The van der Waals surface area contributed by atoms with Gasteiger partial charge in [-0.15, -0.1) is 11.3 Å². The smallest absolute Gasteiger partial charge is 0.141 e. The number of rotatable bonds is 2. The Balaban J connectivity index is 1.63. The third-order valence-electron chi connectivity index (χ3n) is 4.67. The summed E-state index contributed by atoms with van der Waals surface area (Å²) in [6.07, 6.45) is 1.86. The normalized spacial score (nSPS) is 15.3. The minimum atomic E-state index is 0.853. The van der Waals surface area contributed by atoms with Crippen molar-refractivity contribution in [2.75, 3.05) is 36.0 Å². The first-order chi connectivity index (χ1) is 11.6. The Morgan fingerprint density at radius 1 is 0.958 bits per heavy atom. The molecule has 6 heteroatoms. The topological polar surface area (TPSA) is 45.2 Å². The van der Waals surface area contributed by atoms with Gasteiger partial charge in [-0.3, -0.25) is 0 Å². The summed E-state index contributed by atoms with van der Waals surface area (Å²) >= 11 is 1.77. The highest BCUT2D eigenvalue weighted by Crippen LogP contribution is 2.35. The van der Waals surface area contributed by atoms with Crippen LogP contribution in [0.25, 0.3) is 10.2 Å². The van der Waals surface area contributed by atoms with Crippen LogP contribution in [0.4, 0.5) is 11.6 Å². The lowest BCUT2D eigenvalue weighted by atomic mass is 10.2. The highest BCUT2D eigenvalue weighted by Gasteiger charge is 2.23. The van der Waals surface area contributed by atoms with E-state index in [1.54, 1.807) is 11.3 Å². The van der Waals surface area contributed by atoms with Gasteiger partial charge in [0.2, 0.25) is 0 Å². The number of nitrogens with zero attached hydrogens (tertiary/aromatic N) is 5.